The van der Waals surface area contributed by atoms with Crippen molar-refractivity contribution < 1.29 is 9.90 Å². The van der Waals surface area contributed by atoms with Gasteiger partial charge in [0.25, 0.3) is 5.91 Å². The van der Waals surface area contributed by atoms with E-state index in [-0.39, 0.29) is 11.9 Å². The van der Waals surface area contributed by atoms with Crippen molar-refractivity contribution in [3.8, 4) is 0 Å². The smallest absolute Gasteiger partial charge is 0.254 e. The summed E-state index contributed by atoms with van der Waals surface area (Å²) in [7, 11) is 3.66. The molecule has 0 radical (unpaired) electrons. The fraction of sp³-hybridized carbons (Fsp3) is 0.500. The first-order chi connectivity index (χ1) is 8.37. The van der Waals surface area contributed by atoms with Crippen molar-refractivity contribution in [2.75, 3.05) is 14.1 Å². The summed E-state index contributed by atoms with van der Waals surface area (Å²) in [4.78, 5) is 15.7. The van der Waals surface area contributed by atoms with Gasteiger partial charge in [-0.25, -0.2) is 0 Å². The number of likely N-dealkylation sites (N-methyl/N-ethyl adjacent to an activating group) is 2. The molecule has 98 valence electrons. The van der Waals surface area contributed by atoms with Gasteiger partial charge in [-0.05, 0) is 26.5 Å². The molecule has 18 heavy (non-hydrogen) atoms. The highest BCUT2D eigenvalue weighted by molar-refractivity contribution is 5.83. The van der Waals surface area contributed by atoms with Crippen LogP contribution in [0.4, 0.5) is 0 Å². The van der Waals surface area contributed by atoms with Crippen molar-refractivity contribution in [1.29, 1.82) is 0 Å². The molecule has 1 aliphatic rings. The summed E-state index contributed by atoms with van der Waals surface area (Å²) in [6.07, 6.45) is -1.02. The fourth-order valence-corrected chi connectivity index (χ4v) is 2.45. The van der Waals surface area contributed by atoms with Gasteiger partial charge in [-0.2, -0.15) is 0 Å². The minimum Gasteiger partial charge on any atom is -0.381 e. The number of benzene rings is 1. The molecule has 1 N–H and O–H groups in total. The summed E-state index contributed by atoms with van der Waals surface area (Å²) in [6.45, 7) is 3.96. The zero-order valence-electron chi connectivity index (χ0n) is 11.3. The van der Waals surface area contributed by atoms with Crippen molar-refractivity contribution in [3.05, 3.63) is 35.9 Å². The summed E-state index contributed by atoms with van der Waals surface area (Å²) in [5.74, 6) is -0.230. The Morgan fingerprint density at radius 1 is 1.17 bits per heavy atom. The highest BCUT2D eigenvalue weighted by Gasteiger charge is 2.47. The predicted octanol–water partition coefficient (Wildman–Crippen LogP) is 1.23. The van der Waals surface area contributed by atoms with E-state index in [1.807, 2.05) is 56.1 Å². The normalized spacial score (nSPS) is 28.5. The number of carbonyl (C=O) groups excluding carboxylic acids is 1. The quantitative estimate of drug-likeness (QED) is 0.813. The van der Waals surface area contributed by atoms with E-state index in [4.69, 9.17) is 0 Å². The molecule has 0 spiro atoms. The second kappa shape index (κ2) is 4.37. The Balaban J connectivity index is 2.44. The maximum Gasteiger partial charge on any atom is 0.254 e. The van der Waals surface area contributed by atoms with Crippen LogP contribution in [0.25, 0.3) is 0 Å². The van der Waals surface area contributed by atoms with Gasteiger partial charge in [-0.1, -0.05) is 30.3 Å². The molecule has 1 aromatic rings. The molecule has 1 amide bonds. The number of hydrogen-bond donors (Lipinski definition) is 1. The maximum absolute atomic E-state index is 12.1. The van der Waals surface area contributed by atoms with Gasteiger partial charge < -0.3 is 10.0 Å². The molecule has 1 heterocycles. The lowest BCUT2D eigenvalue weighted by molar-refractivity contribution is -0.175. The standard InChI is InChI=1S/C14H20N2O2/c1-14(2)15(3)11(10-8-6-5-7-9-10)12(17)13(18)16(14)4/h5-9,11-12,17H,1-4H3/t11-,12-/m1/s1. The number of hydrogen-bond acceptors (Lipinski definition) is 3. The van der Waals surface area contributed by atoms with Gasteiger partial charge >= 0.3 is 0 Å². The summed E-state index contributed by atoms with van der Waals surface area (Å²) >= 11 is 0. The molecule has 2 rings (SSSR count). The Labute approximate surface area is 108 Å². The highest BCUT2D eigenvalue weighted by Crippen LogP contribution is 2.36. The number of aliphatic hydroxyl groups excluding tert-OH is 1. The van der Waals surface area contributed by atoms with E-state index < -0.39 is 11.8 Å². The Morgan fingerprint density at radius 3 is 2.28 bits per heavy atom. The van der Waals surface area contributed by atoms with Crippen LogP contribution < -0.4 is 0 Å². The van der Waals surface area contributed by atoms with Gasteiger partial charge in [-0.15, -0.1) is 0 Å². The maximum atomic E-state index is 12.1. The second-order valence-electron chi connectivity index (χ2n) is 5.30. The zero-order chi connectivity index (χ0) is 13.5. The highest BCUT2D eigenvalue weighted by atomic mass is 16.3. The Morgan fingerprint density at radius 2 is 1.72 bits per heavy atom. The van der Waals surface area contributed by atoms with E-state index in [0.29, 0.717) is 0 Å². The largest absolute Gasteiger partial charge is 0.381 e. The summed E-state index contributed by atoms with van der Waals surface area (Å²) < 4.78 is 0. The molecule has 1 aromatic carbocycles. The van der Waals surface area contributed by atoms with E-state index in [0.717, 1.165) is 5.56 Å². The van der Waals surface area contributed by atoms with Crippen LogP contribution >= 0.6 is 0 Å². The Bertz CT molecular complexity index is 444. The minimum absolute atomic E-state index is 0.230. The Kier molecular flexibility index (Phi) is 3.17. The van der Waals surface area contributed by atoms with E-state index in [1.54, 1.807) is 11.9 Å². The van der Waals surface area contributed by atoms with Gasteiger partial charge in [-0.3, -0.25) is 9.69 Å². The predicted molar refractivity (Wildman–Crippen MR) is 69.8 cm³/mol. The van der Waals surface area contributed by atoms with Crippen molar-refractivity contribution >= 4 is 5.91 Å². The first-order valence-electron chi connectivity index (χ1n) is 6.11. The van der Waals surface area contributed by atoms with E-state index in [9.17, 15) is 9.90 Å². The molecule has 0 aliphatic carbocycles. The lowest BCUT2D eigenvalue weighted by Gasteiger charge is -2.52. The van der Waals surface area contributed by atoms with E-state index >= 15 is 0 Å². The molecule has 1 saturated heterocycles. The zero-order valence-corrected chi connectivity index (χ0v) is 11.3. The molecule has 0 bridgehead atoms. The van der Waals surface area contributed by atoms with Crippen molar-refractivity contribution in [2.24, 2.45) is 0 Å². The summed E-state index contributed by atoms with van der Waals surface area (Å²) in [5, 5.41) is 10.2. The third-order valence-corrected chi connectivity index (χ3v) is 4.12. The van der Waals surface area contributed by atoms with E-state index in [2.05, 4.69) is 0 Å². The van der Waals surface area contributed by atoms with Crippen LogP contribution in [0.5, 0.6) is 0 Å². The Hall–Kier alpha value is -1.39. The summed E-state index contributed by atoms with van der Waals surface area (Å²) in [6, 6.07) is 9.36. The molecule has 0 unspecified atom stereocenters. The van der Waals surface area contributed by atoms with Crippen LogP contribution in [-0.4, -0.2) is 46.7 Å². The van der Waals surface area contributed by atoms with Crippen LogP contribution in [-0.2, 0) is 4.79 Å². The van der Waals surface area contributed by atoms with Crippen LogP contribution in [0.3, 0.4) is 0 Å². The van der Waals surface area contributed by atoms with Crippen LogP contribution in [0.1, 0.15) is 25.5 Å². The molecule has 4 heteroatoms. The SMILES string of the molecule is CN1C(=O)[C@H](O)[C@@H](c2ccccc2)N(C)C1(C)C. The second-order valence-corrected chi connectivity index (χ2v) is 5.30. The van der Waals surface area contributed by atoms with Gasteiger partial charge in [0, 0.05) is 7.05 Å². The van der Waals surface area contributed by atoms with Gasteiger partial charge in [0.05, 0.1) is 11.7 Å². The number of carbonyl (C=O) groups is 1. The molecule has 1 aliphatic heterocycles. The monoisotopic (exact) mass is 248 g/mol. The van der Waals surface area contributed by atoms with Gasteiger partial charge in [0.2, 0.25) is 0 Å². The average Bonchev–Trinajstić information content (AvgIpc) is 2.36. The fourth-order valence-electron chi connectivity index (χ4n) is 2.45. The number of nitrogens with zero attached hydrogens (tertiary/aromatic N) is 2. The number of amides is 1. The van der Waals surface area contributed by atoms with Crippen LogP contribution in [0.2, 0.25) is 0 Å². The molecular weight excluding hydrogens is 228 g/mol. The molecule has 2 atom stereocenters. The van der Waals surface area contributed by atoms with Gasteiger partial charge in [0.1, 0.15) is 0 Å². The molecule has 1 fully saturated rings. The van der Waals surface area contributed by atoms with Gasteiger partial charge in [0.15, 0.2) is 6.10 Å². The summed E-state index contributed by atoms with van der Waals surface area (Å²) in [5.41, 5.74) is 0.540. The van der Waals surface area contributed by atoms with E-state index in [1.165, 1.54) is 0 Å². The molecular formula is C14H20N2O2. The average molecular weight is 248 g/mol. The minimum atomic E-state index is -1.02. The molecule has 4 nitrogen and oxygen atoms in total. The lowest BCUT2D eigenvalue weighted by atomic mass is 9.92. The third-order valence-electron chi connectivity index (χ3n) is 4.12. The number of aliphatic hydroxyl groups is 1. The topological polar surface area (TPSA) is 43.8 Å². The van der Waals surface area contributed by atoms with Crippen LogP contribution in [0.15, 0.2) is 30.3 Å². The van der Waals surface area contributed by atoms with Crippen molar-refractivity contribution in [1.82, 2.24) is 9.80 Å². The first-order valence-corrected chi connectivity index (χ1v) is 6.11. The van der Waals surface area contributed by atoms with Crippen LogP contribution in [0, 0.1) is 0 Å². The lowest BCUT2D eigenvalue weighted by Crippen LogP contribution is -2.66. The first kappa shape index (κ1) is 13.1. The van der Waals surface area contributed by atoms with Crippen molar-refractivity contribution in [2.45, 2.75) is 31.7 Å². The molecule has 0 aromatic heterocycles. The number of rotatable bonds is 1. The third kappa shape index (κ3) is 1.82. The molecule has 0 saturated carbocycles. The van der Waals surface area contributed by atoms with Crippen molar-refractivity contribution in [3.63, 3.8) is 0 Å².